The summed E-state index contributed by atoms with van der Waals surface area (Å²) in [5.41, 5.74) is 9.50. The van der Waals surface area contributed by atoms with E-state index >= 15 is 0 Å². The Labute approximate surface area is 102 Å². The van der Waals surface area contributed by atoms with E-state index in [1.807, 2.05) is 11.8 Å². The third-order valence-electron chi connectivity index (χ3n) is 3.83. The van der Waals surface area contributed by atoms with Gasteiger partial charge in [0, 0.05) is 15.7 Å². The molecular formula is C14H19NS. The molecule has 1 aliphatic heterocycles. The molecule has 0 bridgehead atoms. The van der Waals surface area contributed by atoms with E-state index in [0.29, 0.717) is 0 Å². The Hall–Kier alpha value is -0.470. The maximum Gasteiger partial charge on any atom is 0.0158 e. The van der Waals surface area contributed by atoms with E-state index in [2.05, 4.69) is 25.1 Å². The smallest absolute Gasteiger partial charge is 0.0158 e. The van der Waals surface area contributed by atoms with Crippen molar-refractivity contribution in [3.63, 3.8) is 0 Å². The van der Waals surface area contributed by atoms with Crippen LogP contribution in [0.1, 0.15) is 37.3 Å². The van der Waals surface area contributed by atoms with Gasteiger partial charge in [0.25, 0.3) is 0 Å². The Morgan fingerprint density at radius 1 is 1.44 bits per heavy atom. The van der Waals surface area contributed by atoms with Gasteiger partial charge in [-0.1, -0.05) is 19.1 Å². The van der Waals surface area contributed by atoms with Gasteiger partial charge < -0.3 is 5.73 Å². The fourth-order valence-corrected chi connectivity index (χ4v) is 3.72. The zero-order chi connectivity index (χ0) is 11.2. The van der Waals surface area contributed by atoms with Crippen LogP contribution in [0.2, 0.25) is 0 Å². The van der Waals surface area contributed by atoms with Gasteiger partial charge in [0.1, 0.15) is 0 Å². The summed E-state index contributed by atoms with van der Waals surface area (Å²) in [6.07, 6.45) is 6.05. The van der Waals surface area contributed by atoms with Gasteiger partial charge in [-0.2, -0.15) is 0 Å². The first kappa shape index (κ1) is 10.7. The molecule has 1 aliphatic carbocycles. The highest BCUT2D eigenvalue weighted by molar-refractivity contribution is 8.00. The van der Waals surface area contributed by atoms with Crippen LogP contribution >= 0.6 is 11.8 Å². The average Bonchev–Trinajstić information content (AvgIpc) is 2.86. The molecule has 1 atom stereocenters. The third kappa shape index (κ3) is 2.01. The van der Waals surface area contributed by atoms with E-state index < -0.39 is 0 Å². The van der Waals surface area contributed by atoms with E-state index in [4.69, 9.17) is 5.73 Å². The predicted octanol–water partition coefficient (Wildman–Crippen LogP) is 3.15. The minimum atomic E-state index is 0.195. The van der Waals surface area contributed by atoms with Crippen molar-refractivity contribution in [3.05, 3.63) is 29.3 Å². The molecule has 1 fully saturated rings. The summed E-state index contributed by atoms with van der Waals surface area (Å²) in [5, 5.41) is 0.754. The van der Waals surface area contributed by atoms with Gasteiger partial charge >= 0.3 is 0 Å². The normalized spacial score (nSPS) is 25.5. The van der Waals surface area contributed by atoms with Crippen molar-refractivity contribution in [3.8, 4) is 0 Å². The summed E-state index contributed by atoms with van der Waals surface area (Å²) >= 11 is 2.02. The topological polar surface area (TPSA) is 26.0 Å². The first-order valence-electron chi connectivity index (χ1n) is 6.23. The molecule has 1 aromatic carbocycles. The molecule has 0 aromatic heterocycles. The Morgan fingerprint density at radius 2 is 2.25 bits per heavy atom. The van der Waals surface area contributed by atoms with Crippen molar-refractivity contribution >= 4 is 11.8 Å². The Kier molecular flexibility index (Phi) is 2.52. The van der Waals surface area contributed by atoms with E-state index in [-0.39, 0.29) is 5.54 Å². The monoisotopic (exact) mass is 233 g/mol. The molecule has 0 saturated heterocycles. The lowest BCUT2D eigenvalue weighted by Crippen LogP contribution is -2.22. The van der Waals surface area contributed by atoms with Crippen molar-refractivity contribution in [1.82, 2.24) is 0 Å². The van der Waals surface area contributed by atoms with Crippen molar-refractivity contribution in [2.45, 2.75) is 54.7 Å². The quantitative estimate of drug-likeness (QED) is 0.868. The SMILES string of the molecule is CC1Cc2c(CCC3(N)CC3)cccc2S1. The molecular weight excluding hydrogens is 214 g/mol. The van der Waals surface area contributed by atoms with E-state index in [0.717, 1.165) is 5.25 Å². The average molecular weight is 233 g/mol. The van der Waals surface area contributed by atoms with Gasteiger partial charge in [-0.25, -0.2) is 0 Å². The van der Waals surface area contributed by atoms with E-state index in [1.165, 1.54) is 37.0 Å². The molecule has 1 saturated carbocycles. The van der Waals surface area contributed by atoms with Crippen LogP contribution in [0.15, 0.2) is 23.1 Å². The van der Waals surface area contributed by atoms with Crippen LogP contribution in [-0.2, 0) is 12.8 Å². The summed E-state index contributed by atoms with van der Waals surface area (Å²) in [4.78, 5) is 1.51. The number of aryl methyl sites for hydroxylation is 1. The van der Waals surface area contributed by atoms with Crippen LogP contribution in [0.25, 0.3) is 0 Å². The molecule has 1 unspecified atom stereocenters. The highest BCUT2D eigenvalue weighted by Gasteiger charge is 2.37. The van der Waals surface area contributed by atoms with Crippen molar-refractivity contribution in [1.29, 1.82) is 0 Å². The lowest BCUT2D eigenvalue weighted by molar-refractivity contribution is 0.606. The maximum absolute atomic E-state index is 6.16. The second kappa shape index (κ2) is 3.78. The fourth-order valence-electron chi connectivity index (χ4n) is 2.53. The summed E-state index contributed by atoms with van der Waals surface area (Å²) < 4.78 is 0. The summed E-state index contributed by atoms with van der Waals surface area (Å²) in [5.74, 6) is 0. The number of benzene rings is 1. The van der Waals surface area contributed by atoms with Gasteiger partial charge in [-0.15, -0.1) is 11.8 Å². The fraction of sp³-hybridized carbons (Fsp3) is 0.571. The molecule has 2 heteroatoms. The second-order valence-corrected chi connectivity index (χ2v) is 6.87. The van der Waals surface area contributed by atoms with Crippen molar-refractivity contribution in [2.75, 3.05) is 0 Å². The van der Waals surface area contributed by atoms with Gasteiger partial charge in [-0.3, -0.25) is 0 Å². The molecule has 1 aromatic rings. The molecule has 2 aliphatic rings. The first-order valence-corrected chi connectivity index (χ1v) is 7.11. The molecule has 1 nitrogen and oxygen atoms in total. The van der Waals surface area contributed by atoms with Crippen LogP contribution < -0.4 is 5.73 Å². The van der Waals surface area contributed by atoms with Crippen molar-refractivity contribution in [2.24, 2.45) is 5.73 Å². The largest absolute Gasteiger partial charge is 0.325 e. The minimum Gasteiger partial charge on any atom is -0.325 e. The number of rotatable bonds is 3. The molecule has 0 radical (unpaired) electrons. The van der Waals surface area contributed by atoms with Crippen LogP contribution in [-0.4, -0.2) is 10.8 Å². The summed E-state index contributed by atoms with van der Waals surface area (Å²) in [6.45, 7) is 2.32. The Balaban J connectivity index is 1.77. The first-order chi connectivity index (χ1) is 7.66. The summed E-state index contributed by atoms with van der Waals surface area (Å²) in [7, 11) is 0. The van der Waals surface area contributed by atoms with Crippen LogP contribution in [0, 0.1) is 0 Å². The molecule has 2 N–H and O–H groups in total. The predicted molar refractivity (Wildman–Crippen MR) is 69.9 cm³/mol. The van der Waals surface area contributed by atoms with Crippen LogP contribution in [0.3, 0.4) is 0 Å². The lowest BCUT2D eigenvalue weighted by Gasteiger charge is -2.11. The zero-order valence-corrected chi connectivity index (χ0v) is 10.6. The van der Waals surface area contributed by atoms with E-state index in [1.54, 1.807) is 11.1 Å². The molecule has 0 spiro atoms. The molecule has 16 heavy (non-hydrogen) atoms. The zero-order valence-electron chi connectivity index (χ0n) is 9.83. The Morgan fingerprint density at radius 3 is 3.00 bits per heavy atom. The minimum absolute atomic E-state index is 0.195. The highest BCUT2D eigenvalue weighted by Crippen LogP contribution is 2.41. The molecule has 0 amide bonds. The number of hydrogen-bond acceptors (Lipinski definition) is 2. The number of fused-ring (bicyclic) bond motifs is 1. The second-order valence-electron chi connectivity index (χ2n) is 5.39. The number of thioether (sulfide) groups is 1. The molecule has 3 rings (SSSR count). The molecule has 86 valence electrons. The summed E-state index contributed by atoms with van der Waals surface area (Å²) in [6, 6.07) is 6.76. The highest BCUT2D eigenvalue weighted by atomic mass is 32.2. The number of hydrogen-bond donors (Lipinski definition) is 1. The van der Waals surface area contributed by atoms with Gasteiger partial charge in [0.15, 0.2) is 0 Å². The standard InChI is InChI=1S/C14H19NS/c1-10-9-12-11(3-2-4-13(12)16-10)5-6-14(15)7-8-14/h2-4,10H,5-9,15H2,1H3. The van der Waals surface area contributed by atoms with E-state index in [9.17, 15) is 0 Å². The van der Waals surface area contributed by atoms with Gasteiger partial charge in [-0.05, 0) is 49.3 Å². The third-order valence-corrected chi connectivity index (χ3v) is 5.04. The van der Waals surface area contributed by atoms with Crippen LogP contribution in [0.4, 0.5) is 0 Å². The maximum atomic E-state index is 6.16. The van der Waals surface area contributed by atoms with Crippen LogP contribution in [0.5, 0.6) is 0 Å². The Bertz CT molecular complexity index is 409. The molecule has 1 heterocycles. The number of nitrogens with two attached hydrogens (primary N) is 1. The van der Waals surface area contributed by atoms with Crippen molar-refractivity contribution < 1.29 is 0 Å². The van der Waals surface area contributed by atoms with Gasteiger partial charge in [0.05, 0.1) is 0 Å². The lowest BCUT2D eigenvalue weighted by atomic mass is 9.97. The van der Waals surface area contributed by atoms with Gasteiger partial charge in [0.2, 0.25) is 0 Å².